The minimum atomic E-state index is -1.03. The minimum Gasteiger partial charge on any atom is -0.370 e. The van der Waals surface area contributed by atoms with Crippen molar-refractivity contribution in [3.63, 3.8) is 0 Å². The normalized spacial score (nSPS) is 13.3. The lowest BCUT2D eigenvalue weighted by molar-refractivity contribution is -0.144. The molecule has 10 N–H and O–H groups in total. The number of hydrogen-bond donors (Lipinski definition) is 6. The molecule has 4 atom stereocenters. The standard InChI is InChI=1S/C36H49N9O4/c1-2-3-15-29(35(49)45(24-27-17-20-41-21-18-27)31(32(38)46)16-10-19-42-36(39)40)43-34(48)30(23-26-13-8-5-9-14-26)44-33(47)28(37)22-25-11-6-4-7-12-25/h4-9,11-14,17-18,20-21,28-31H,2-3,10,15-16,19,22-24,37H2,1H3,(H2,38,46)(H,43,48)(H,44,47)(H4,39,40,42)/t28-,29-,30-,31-/m1/s1. The van der Waals surface area contributed by atoms with Gasteiger partial charge in [-0.15, -0.1) is 0 Å². The maximum atomic E-state index is 14.4. The highest BCUT2D eigenvalue weighted by Gasteiger charge is 2.35. The summed E-state index contributed by atoms with van der Waals surface area (Å²) in [6.45, 7) is 2.27. The summed E-state index contributed by atoms with van der Waals surface area (Å²) in [6.07, 6.45) is 5.87. The Labute approximate surface area is 287 Å². The van der Waals surface area contributed by atoms with Crippen LogP contribution >= 0.6 is 0 Å². The van der Waals surface area contributed by atoms with Crippen LogP contribution in [0.1, 0.15) is 55.7 Å². The van der Waals surface area contributed by atoms with Crippen LogP contribution in [0.5, 0.6) is 0 Å². The summed E-state index contributed by atoms with van der Waals surface area (Å²) in [5, 5.41) is 5.73. The maximum absolute atomic E-state index is 14.4. The fraction of sp³-hybridized carbons (Fsp3) is 0.389. The number of guanidine groups is 1. The predicted octanol–water partition coefficient (Wildman–Crippen LogP) is 1.29. The van der Waals surface area contributed by atoms with Crippen molar-refractivity contribution in [3.8, 4) is 0 Å². The number of aliphatic imine (C=N–C) groups is 1. The summed E-state index contributed by atoms with van der Waals surface area (Å²) in [5.41, 5.74) is 25.5. The van der Waals surface area contributed by atoms with Crippen molar-refractivity contribution in [2.24, 2.45) is 27.9 Å². The van der Waals surface area contributed by atoms with Crippen LogP contribution < -0.4 is 33.6 Å². The molecular weight excluding hydrogens is 622 g/mol. The number of pyridine rings is 1. The molecule has 3 rings (SSSR count). The van der Waals surface area contributed by atoms with Gasteiger partial charge in [0, 0.05) is 31.9 Å². The molecule has 1 aromatic heterocycles. The minimum absolute atomic E-state index is 0.0499. The number of nitrogens with two attached hydrogens (primary N) is 4. The molecule has 0 saturated carbocycles. The summed E-state index contributed by atoms with van der Waals surface area (Å²) in [6, 6.07) is 18.1. The SMILES string of the molecule is CCCC[C@@H](NC(=O)[C@@H](Cc1ccccc1)NC(=O)[C@H](N)Cc1ccccc1)C(=O)N(Cc1ccncc1)[C@H](CCCN=C(N)N)C(N)=O. The zero-order chi connectivity index (χ0) is 35.6. The lowest BCUT2D eigenvalue weighted by Gasteiger charge is -2.34. The van der Waals surface area contributed by atoms with E-state index in [1.165, 1.54) is 4.90 Å². The summed E-state index contributed by atoms with van der Waals surface area (Å²) in [7, 11) is 0. The third kappa shape index (κ3) is 13.0. The lowest BCUT2D eigenvalue weighted by Crippen LogP contribution is -2.58. The number of hydrogen-bond acceptors (Lipinski definition) is 7. The quantitative estimate of drug-likeness (QED) is 0.0582. The Kier molecular flexibility index (Phi) is 15.7. The first-order valence-corrected chi connectivity index (χ1v) is 16.6. The van der Waals surface area contributed by atoms with Gasteiger partial charge in [-0.3, -0.25) is 29.2 Å². The number of carbonyl (C=O) groups is 4. The number of primary amides is 1. The Balaban J connectivity index is 1.89. The van der Waals surface area contributed by atoms with E-state index >= 15 is 0 Å². The van der Waals surface area contributed by atoms with E-state index in [-0.39, 0.29) is 38.3 Å². The van der Waals surface area contributed by atoms with E-state index in [2.05, 4.69) is 20.6 Å². The number of amides is 4. The second-order valence-corrected chi connectivity index (χ2v) is 11.9. The summed E-state index contributed by atoms with van der Waals surface area (Å²) < 4.78 is 0. The molecule has 0 bridgehead atoms. The van der Waals surface area contributed by atoms with E-state index < -0.39 is 47.8 Å². The van der Waals surface area contributed by atoms with Gasteiger partial charge in [-0.1, -0.05) is 80.4 Å². The molecule has 0 saturated heterocycles. The lowest BCUT2D eigenvalue weighted by atomic mass is 10.0. The molecule has 3 aromatic rings. The molecule has 262 valence electrons. The van der Waals surface area contributed by atoms with E-state index in [0.29, 0.717) is 19.3 Å². The Morgan fingerprint density at radius 3 is 1.92 bits per heavy atom. The van der Waals surface area contributed by atoms with Crippen molar-refractivity contribution in [3.05, 3.63) is 102 Å². The highest BCUT2D eigenvalue weighted by atomic mass is 16.2. The first-order chi connectivity index (χ1) is 23.6. The van der Waals surface area contributed by atoms with Crippen molar-refractivity contribution < 1.29 is 19.2 Å². The fourth-order valence-corrected chi connectivity index (χ4v) is 5.41. The van der Waals surface area contributed by atoms with Crippen molar-refractivity contribution in [2.45, 2.75) is 82.6 Å². The number of carbonyl (C=O) groups excluding carboxylic acids is 4. The van der Waals surface area contributed by atoms with E-state index in [4.69, 9.17) is 22.9 Å². The van der Waals surface area contributed by atoms with Crippen LogP contribution in [0.4, 0.5) is 0 Å². The van der Waals surface area contributed by atoms with E-state index in [1.807, 2.05) is 67.6 Å². The van der Waals surface area contributed by atoms with Gasteiger partial charge in [-0.05, 0) is 54.5 Å². The average Bonchev–Trinajstić information content (AvgIpc) is 3.09. The Morgan fingerprint density at radius 1 is 0.755 bits per heavy atom. The van der Waals surface area contributed by atoms with Crippen molar-refractivity contribution in [2.75, 3.05) is 6.54 Å². The monoisotopic (exact) mass is 671 g/mol. The fourth-order valence-electron chi connectivity index (χ4n) is 5.41. The Hall–Kier alpha value is -5.30. The second kappa shape index (κ2) is 20.2. The van der Waals surface area contributed by atoms with Crippen LogP contribution in [0.25, 0.3) is 0 Å². The van der Waals surface area contributed by atoms with E-state index in [0.717, 1.165) is 23.1 Å². The number of unbranched alkanes of at least 4 members (excludes halogenated alkanes) is 1. The molecule has 2 aromatic carbocycles. The second-order valence-electron chi connectivity index (χ2n) is 11.9. The van der Waals surface area contributed by atoms with Crippen LogP contribution in [0.15, 0.2) is 90.2 Å². The summed E-state index contributed by atoms with van der Waals surface area (Å²) in [4.78, 5) is 64.0. The molecular formula is C36H49N9O4. The first kappa shape index (κ1) is 38.2. The highest BCUT2D eigenvalue weighted by Crippen LogP contribution is 2.17. The van der Waals surface area contributed by atoms with Crippen molar-refractivity contribution in [1.29, 1.82) is 0 Å². The number of benzene rings is 2. The molecule has 1 heterocycles. The Bertz CT molecular complexity index is 1500. The van der Waals surface area contributed by atoms with Gasteiger partial charge in [0.15, 0.2) is 5.96 Å². The maximum Gasteiger partial charge on any atom is 0.246 e. The molecule has 4 amide bonds. The van der Waals surface area contributed by atoms with Gasteiger partial charge in [0.05, 0.1) is 6.04 Å². The molecule has 0 aliphatic carbocycles. The zero-order valence-corrected chi connectivity index (χ0v) is 28.0. The zero-order valence-electron chi connectivity index (χ0n) is 28.0. The molecule has 0 unspecified atom stereocenters. The highest BCUT2D eigenvalue weighted by molar-refractivity contribution is 5.94. The van der Waals surface area contributed by atoms with Gasteiger partial charge < -0.3 is 38.5 Å². The molecule has 13 nitrogen and oxygen atoms in total. The van der Waals surface area contributed by atoms with Crippen LogP contribution in [0, 0.1) is 0 Å². The summed E-state index contributed by atoms with van der Waals surface area (Å²) in [5.74, 6) is -2.30. The first-order valence-electron chi connectivity index (χ1n) is 16.6. The van der Waals surface area contributed by atoms with Gasteiger partial charge in [-0.25, -0.2) is 0 Å². The molecule has 49 heavy (non-hydrogen) atoms. The molecule has 0 fully saturated rings. The van der Waals surface area contributed by atoms with Crippen molar-refractivity contribution in [1.82, 2.24) is 20.5 Å². The molecule has 0 aliphatic rings. The molecule has 0 aliphatic heterocycles. The third-order valence-electron chi connectivity index (χ3n) is 8.03. The van der Waals surface area contributed by atoms with Crippen LogP contribution in [0.3, 0.4) is 0 Å². The number of nitrogens with one attached hydrogen (secondary N) is 2. The van der Waals surface area contributed by atoms with Crippen LogP contribution in [-0.2, 0) is 38.6 Å². The van der Waals surface area contributed by atoms with Crippen molar-refractivity contribution >= 4 is 29.6 Å². The topological polar surface area (TPSA) is 225 Å². The Morgan fingerprint density at radius 2 is 1.35 bits per heavy atom. The number of nitrogens with zero attached hydrogens (tertiary/aromatic N) is 3. The average molecular weight is 672 g/mol. The predicted molar refractivity (Wildman–Crippen MR) is 189 cm³/mol. The van der Waals surface area contributed by atoms with Crippen LogP contribution in [-0.4, -0.2) is 70.2 Å². The van der Waals surface area contributed by atoms with Gasteiger partial charge in [0.1, 0.15) is 18.1 Å². The van der Waals surface area contributed by atoms with Gasteiger partial charge in [0.2, 0.25) is 23.6 Å². The number of aromatic nitrogens is 1. The smallest absolute Gasteiger partial charge is 0.246 e. The largest absolute Gasteiger partial charge is 0.370 e. The molecule has 0 radical (unpaired) electrons. The number of rotatable bonds is 20. The summed E-state index contributed by atoms with van der Waals surface area (Å²) >= 11 is 0. The van der Waals surface area contributed by atoms with Gasteiger partial charge in [0.25, 0.3) is 0 Å². The molecule has 0 spiro atoms. The molecule has 13 heteroatoms. The van der Waals surface area contributed by atoms with E-state index in [1.54, 1.807) is 24.5 Å². The van der Waals surface area contributed by atoms with Gasteiger partial charge in [-0.2, -0.15) is 0 Å². The van der Waals surface area contributed by atoms with Gasteiger partial charge >= 0.3 is 0 Å². The van der Waals surface area contributed by atoms with E-state index in [9.17, 15) is 19.2 Å². The van der Waals surface area contributed by atoms with Crippen LogP contribution in [0.2, 0.25) is 0 Å². The third-order valence-corrected chi connectivity index (χ3v) is 8.03.